The Morgan fingerprint density at radius 1 is 1.03 bits per heavy atom. The highest BCUT2D eigenvalue weighted by Gasteiger charge is 2.24. The monoisotopic (exact) mass is 426 g/mol. The quantitative estimate of drug-likeness (QED) is 0.675. The number of piperazine rings is 1. The number of sulfonamides is 1. The number of hydrogen-bond donors (Lipinski definition) is 1. The van der Waals surface area contributed by atoms with E-state index in [1.165, 1.54) is 16.4 Å². The highest BCUT2D eigenvalue weighted by molar-refractivity contribution is 7.89. The van der Waals surface area contributed by atoms with E-state index >= 15 is 0 Å². The molecule has 10 heteroatoms. The van der Waals surface area contributed by atoms with E-state index in [0.717, 1.165) is 0 Å². The molecule has 29 heavy (non-hydrogen) atoms. The van der Waals surface area contributed by atoms with E-state index in [9.17, 15) is 18.0 Å². The molecule has 1 aromatic carbocycles. The molecule has 1 aromatic rings. The average Bonchev–Trinajstić information content (AvgIpc) is 2.70. The molecule has 2 rings (SSSR count). The number of amides is 2. The van der Waals surface area contributed by atoms with E-state index in [4.69, 9.17) is 4.74 Å². The third-order valence-corrected chi connectivity index (χ3v) is 6.81. The first-order valence-corrected chi connectivity index (χ1v) is 11.3. The van der Waals surface area contributed by atoms with E-state index in [2.05, 4.69) is 5.32 Å². The second-order valence-electron chi connectivity index (χ2n) is 6.62. The SMILES string of the molecule is CCOC(=O)N1CCN(CC(=O)Nc2ccc(S(=O)(=O)N(CC)CC)cc2)CC1. The van der Waals surface area contributed by atoms with Gasteiger partial charge in [-0.3, -0.25) is 9.69 Å². The number of carbonyl (C=O) groups is 2. The van der Waals surface area contributed by atoms with Crippen molar-refractivity contribution in [2.45, 2.75) is 25.7 Å². The summed E-state index contributed by atoms with van der Waals surface area (Å²) in [6, 6.07) is 6.18. The van der Waals surface area contributed by atoms with Crippen molar-refractivity contribution >= 4 is 27.7 Å². The predicted molar refractivity (Wildman–Crippen MR) is 110 cm³/mol. The topological polar surface area (TPSA) is 99.3 Å². The maximum Gasteiger partial charge on any atom is 0.409 e. The molecule has 1 heterocycles. The summed E-state index contributed by atoms with van der Waals surface area (Å²) in [6.07, 6.45) is -0.323. The average molecular weight is 427 g/mol. The first-order chi connectivity index (χ1) is 13.8. The van der Waals surface area contributed by atoms with Gasteiger partial charge in [0.25, 0.3) is 0 Å². The summed E-state index contributed by atoms with van der Waals surface area (Å²) in [5.74, 6) is -0.186. The third-order valence-electron chi connectivity index (χ3n) is 4.75. The van der Waals surface area contributed by atoms with Gasteiger partial charge in [0.2, 0.25) is 15.9 Å². The molecule has 0 radical (unpaired) electrons. The second kappa shape index (κ2) is 10.6. The van der Waals surface area contributed by atoms with Gasteiger partial charge in [-0.1, -0.05) is 13.8 Å². The van der Waals surface area contributed by atoms with Crippen molar-refractivity contribution < 1.29 is 22.7 Å². The van der Waals surface area contributed by atoms with E-state index in [1.807, 2.05) is 4.90 Å². The molecular weight excluding hydrogens is 396 g/mol. The standard InChI is InChI=1S/C19H30N4O5S/c1-4-23(5-2)29(26,27)17-9-7-16(8-10-17)20-18(24)15-21-11-13-22(14-12-21)19(25)28-6-3/h7-10H,4-6,11-15H2,1-3H3,(H,20,24). The maximum absolute atomic E-state index is 12.5. The number of nitrogens with zero attached hydrogens (tertiary/aromatic N) is 3. The first kappa shape index (κ1) is 23.1. The number of benzene rings is 1. The molecule has 0 saturated carbocycles. The summed E-state index contributed by atoms with van der Waals surface area (Å²) in [4.78, 5) is 27.8. The van der Waals surface area contributed by atoms with Crippen LogP contribution in [0.2, 0.25) is 0 Å². The maximum atomic E-state index is 12.5. The van der Waals surface area contributed by atoms with Gasteiger partial charge in [0.1, 0.15) is 0 Å². The van der Waals surface area contributed by atoms with Gasteiger partial charge in [-0.05, 0) is 31.2 Å². The Hall–Kier alpha value is -2.17. The molecule has 1 N–H and O–H groups in total. The third kappa shape index (κ3) is 6.15. The Kier molecular flexibility index (Phi) is 8.42. The van der Waals surface area contributed by atoms with Crippen molar-refractivity contribution in [1.82, 2.24) is 14.1 Å². The summed E-state index contributed by atoms with van der Waals surface area (Å²) >= 11 is 0. The summed E-state index contributed by atoms with van der Waals surface area (Å²) in [5.41, 5.74) is 0.540. The Morgan fingerprint density at radius 3 is 2.14 bits per heavy atom. The minimum absolute atomic E-state index is 0.186. The van der Waals surface area contributed by atoms with E-state index in [0.29, 0.717) is 51.6 Å². The van der Waals surface area contributed by atoms with Crippen LogP contribution in [0.4, 0.5) is 10.5 Å². The number of hydrogen-bond acceptors (Lipinski definition) is 6. The Balaban J connectivity index is 1.86. The molecule has 2 amide bonds. The minimum Gasteiger partial charge on any atom is -0.450 e. The van der Waals surface area contributed by atoms with Crippen LogP contribution in [0.3, 0.4) is 0 Å². The van der Waals surface area contributed by atoms with Gasteiger partial charge < -0.3 is 15.0 Å². The highest BCUT2D eigenvalue weighted by Crippen LogP contribution is 2.18. The molecule has 1 saturated heterocycles. The normalized spacial score (nSPS) is 15.4. The second-order valence-corrected chi connectivity index (χ2v) is 8.56. The zero-order valence-corrected chi connectivity index (χ0v) is 18.1. The Bertz CT molecular complexity index is 785. The molecule has 0 bridgehead atoms. The first-order valence-electron chi connectivity index (χ1n) is 9.85. The van der Waals surface area contributed by atoms with Crippen LogP contribution >= 0.6 is 0 Å². The van der Waals surface area contributed by atoms with Gasteiger partial charge in [-0.2, -0.15) is 4.31 Å². The molecule has 0 atom stereocenters. The molecular formula is C19H30N4O5S. The molecule has 0 aromatic heterocycles. The fourth-order valence-electron chi connectivity index (χ4n) is 3.13. The summed E-state index contributed by atoms with van der Waals surface area (Å²) in [6.45, 7) is 8.93. The molecule has 9 nitrogen and oxygen atoms in total. The molecule has 1 aliphatic heterocycles. The van der Waals surface area contributed by atoms with Crippen LogP contribution < -0.4 is 5.32 Å². The summed E-state index contributed by atoms with van der Waals surface area (Å²) in [5, 5.41) is 2.79. The van der Waals surface area contributed by atoms with Gasteiger partial charge in [-0.25, -0.2) is 13.2 Å². The number of anilines is 1. The van der Waals surface area contributed by atoms with Crippen molar-refractivity contribution in [2.75, 3.05) is 57.7 Å². The summed E-state index contributed by atoms with van der Waals surface area (Å²) < 4.78 is 31.4. The molecule has 162 valence electrons. The lowest BCUT2D eigenvalue weighted by Crippen LogP contribution is -2.50. The van der Waals surface area contributed by atoms with Crippen LogP contribution in [0.5, 0.6) is 0 Å². The van der Waals surface area contributed by atoms with Crippen LogP contribution in [0.1, 0.15) is 20.8 Å². The van der Waals surface area contributed by atoms with Gasteiger partial charge in [0.05, 0.1) is 18.0 Å². The van der Waals surface area contributed by atoms with Gasteiger partial charge in [0, 0.05) is 45.0 Å². The van der Waals surface area contributed by atoms with E-state index in [1.54, 1.807) is 37.8 Å². The molecule has 0 unspecified atom stereocenters. The smallest absolute Gasteiger partial charge is 0.409 e. The lowest BCUT2D eigenvalue weighted by Gasteiger charge is -2.33. The summed E-state index contributed by atoms with van der Waals surface area (Å²) in [7, 11) is -3.52. The van der Waals surface area contributed by atoms with Crippen LogP contribution in [0.15, 0.2) is 29.2 Å². The zero-order valence-electron chi connectivity index (χ0n) is 17.3. The molecule has 0 aliphatic carbocycles. The van der Waals surface area contributed by atoms with Gasteiger partial charge in [-0.15, -0.1) is 0 Å². The Morgan fingerprint density at radius 2 is 1.62 bits per heavy atom. The van der Waals surface area contributed by atoms with Crippen LogP contribution in [0.25, 0.3) is 0 Å². The van der Waals surface area contributed by atoms with Crippen molar-refractivity contribution in [3.8, 4) is 0 Å². The fraction of sp³-hybridized carbons (Fsp3) is 0.579. The number of nitrogens with one attached hydrogen (secondary N) is 1. The lowest BCUT2D eigenvalue weighted by molar-refractivity contribution is -0.117. The van der Waals surface area contributed by atoms with Crippen molar-refractivity contribution in [1.29, 1.82) is 0 Å². The lowest BCUT2D eigenvalue weighted by atomic mass is 10.3. The van der Waals surface area contributed by atoms with Crippen molar-refractivity contribution in [3.63, 3.8) is 0 Å². The molecule has 1 fully saturated rings. The van der Waals surface area contributed by atoms with Gasteiger partial charge >= 0.3 is 6.09 Å². The largest absolute Gasteiger partial charge is 0.450 e. The minimum atomic E-state index is -3.52. The van der Waals surface area contributed by atoms with E-state index in [-0.39, 0.29) is 23.4 Å². The fourth-order valence-corrected chi connectivity index (χ4v) is 4.59. The van der Waals surface area contributed by atoms with Crippen molar-refractivity contribution in [2.24, 2.45) is 0 Å². The van der Waals surface area contributed by atoms with Gasteiger partial charge in [0.15, 0.2) is 0 Å². The van der Waals surface area contributed by atoms with Crippen LogP contribution in [-0.4, -0.2) is 86.9 Å². The molecule has 0 spiro atoms. The van der Waals surface area contributed by atoms with Crippen LogP contribution in [-0.2, 0) is 19.6 Å². The molecule has 1 aliphatic rings. The highest BCUT2D eigenvalue weighted by atomic mass is 32.2. The zero-order chi connectivity index (χ0) is 21.4. The number of carbonyl (C=O) groups excluding carboxylic acids is 2. The Labute approximate surface area is 172 Å². The van der Waals surface area contributed by atoms with Crippen molar-refractivity contribution in [3.05, 3.63) is 24.3 Å². The number of rotatable bonds is 8. The van der Waals surface area contributed by atoms with Crippen LogP contribution in [0, 0.1) is 0 Å². The van der Waals surface area contributed by atoms with E-state index < -0.39 is 10.0 Å². The number of ether oxygens (including phenoxy) is 1. The predicted octanol–water partition coefficient (Wildman–Crippen LogP) is 1.43.